The third kappa shape index (κ3) is 4.24. The van der Waals surface area contributed by atoms with Gasteiger partial charge in [-0.05, 0) is 86.0 Å². The van der Waals surface area contributed by atoms with E-state index in [0.29, 0.717) is 56.7 Å². The molecule has 1 aromatic carbocycles. The van der Waals surface area contributed by atoms with Crippen LogP contribution in [0.15, 0.2) is 30.0 Å². The number of halogens is 6. The van der Waals surface area contributed by atoms with E-state index in [9.17, 15) is 35.9 Å². The summed E-state index contributed by atoms with van der Waals surface area (Å²) in [4.78, 5) is 25.2. The van der Waals surface area contributed by atoms with Gasteiger partial charge in [-0.25, -0.2) is 0 Å². The number of hydrogen-bond acceptors (Lipinski definition) is 3. The van der Waals surface area contributed by atoms with E-state index in [2.05, 4.69) is 12.2 Å². The molecule has 1 N–H and O–H groups in total. The van der Waals surface area contributed by atoms with Crippen molar-refractivity contribution in [2.45, 2.75) is 71.1 Å². The van der Waals surface area contributed by atoms with Crippen LogP contribution in [-0.2, 0) is 26.7 Å². The third-order valence-corrected chi connectivity index (χ3v) is 9.69. The highest BCUT2D eigenvalue weighted by Gasteiger charge is 2.60. The number of benzene rings is 1. The summed E-state index contributed by atoms with van der Waals surface area (Å²) in [6, 6.07) is 1.11. The Bertz CT molecular complexity index is 1160. The Labute approximate surface area is 210 Å². The molecule has 4 nitrogen and oxygen atoms in total. The first kappa shape index (κ1) is 26.1. The van der Waals surface area contributed by atoms with Gasteiger partial charge < -0.3 is 10.1 Å². The van der Waals surface area contributed by atoms with Gasteiger partial charge in [-0.1, -0.05) is 13.8 Å². The molecule has 3 aliphatic carbocycles. The summed E-state index contributed by atoms with van der Waals surface area (Å²) in [6.45, 7) is 4.11. The zero-order valence-corrected chi connectivity index (χ0v) is 20.6. The number of fused-ring (bicyclic) bond motifs is 5. The lowest BCUT2D eigenvalue weighted by atomic mass is 9.49. The molecule has 10 heteroatoms. The quantitative estimate of drug-likeness (QED) is 0.322. The van der Waals surface area contributed by atoms with Crippen molar-refractivity contribution in [2.24, 2.45) is 34.5 Å². The molecule has 1 amide bonds. The van der Waals surface area contributed by atoms with Gasteiger partial charge in [0.05, 0.1) is 16.8 Å². The molecular formula is C27H29F6NO3. The van der Waals surface area contributed by atoms with E-state index >= 15 is 0 Å². The molecule has 0 bridgehead atoms. The third-order valence-electron chi connectivity index (χ3n) is 9.69. The molecule has 3 unspecified atom stereocenters. The zero-order chi connectivity index (χ0) is 27.0. The van der Waals surface area contributed by atoms with Gasteiger partial charge >= 0.3 is 18.3 Å². The molecule has 0 aromatic heterocycles. The summed E-state index contributed by atoms with van der Waals surface area (Å²) in [5.74, 6) is -0.145. The van der Waals surface area contributed by atoms with Crippen LogP contribution in [0.5, 0.6) is 0 Å². The van der Waals surface area contributed by atoms with Gasteiger partial charge in [0.15, 0.2) is 0 Å². The molecule has 2 saturated carbocycles. The Hall–Kier alpha value is -2.52. The Balaban J connectivity index is 1.40. The molecule has 3 fully saturated rings. The number of hydrogen-bond donors (Lipinski definition) is 1. The summed E-state index contributed by atoms with van der Waals surface area (Å²) in [7, 11) is 0. The second kappa shape index (κ2) is 8.50. The van der Waals surface area contributed by atoms with E-state index in [1.807, 2.05) is 13.0 Å². The van der Waals surface area contributed by atoms with Gasteiger partial charge in [0.25, 0.3) is 0 Å². The molecule has 37 heavy (non-hydrogen) atoms. The van der Waals surface area contributed by atoms with Crippen molar-refractivity contribution >= 4 is 17.6 Å². The fourth-order valence-corrected chi connectivity index (χ4v) is 7.79. The van der Waals surface area contributed by atoms with Crippen LogP contribution in [0.2, 0.25) is 0 Å². The van der Waals surface area contributed by atoms with Crippen LogP contribution in [0.25, 0.3) is 0 Å². The van der Waals surface area contributed by atoms with Crippen molar-refractivity contribution in [1.82, 2.24) is 0 Å². The maximum Gasteiger partial charge on any atom is 0.418 e. The Morgan fingerprint density at radius 3 is 2.41 bits per heavy atom. The van der Waals surface area contributed by atoms with E-state index in [1.165, 1.54) is 0 Å². The smallest absolute Gasteiger partial charge is 0.418 e. The highest BCUT2D eigenvalue weighted by molar-refractivity contribution is 5.94. The molecule has 0 radical (unpaired) electrons. The molecule has 1 aliphatic heterocycles. The minimum Gasteiger partial charge on any atom is -0.431 e. The lowest BCUT2D eigenvalue weighted by Crippen LogP contribution is -2.51. The standard InChI is InChI=1S/C27H29F6NO3/c1-24-11-9-17-15(4-8-21-25(17,2)12-10-22(35)37-21)16(24)6-7-19(24)23(36)34-20-13-14(26(28,29)30)3-5-18(20)27(31,32)33/h3,5,8,13,15-17,19H,4,6-7,9-12H2,1-2H3,(H,34,36)/t15?,16?,17?,19-,24+,25-/m1/s1. The molecule has 0 spiro atoms. The number of ether oxygens (including phenoxy) is 1. The molecule has 202 valence electrons. The number of carbonyl (C=O) groups is 2. The number of rotatable bonds is 2. The summed E-state index contributed by atoms with van der Waals surface area (Å²) >= 11 is 0. The highest BCUT2D eigenvalue weighted by atomic mass is 19.4. The maximum atomic E-state index is 13.6. The fourth-order valence-electron chi connectivity index (χ4n) is 7.79. The van der Waals surface area contributed by atoms with Crippen molar-refractivity contribution < 1.29 is 40.7 Å². The van der Waals surface area contributed by atoms with Gasteiger partial charge in [-0.2, -0.15) is 26.3 Å². The monoisotopic (exact) mass is 529 g/mol. The van der Waals surface area contributed by atoms with Gasteiger partial charge in [-0.3, -0.25) is 9.59 Å². The first-order valence-electron chi connectivity index (χ1n) is 12.7. The summed E-state index contributed by atoms with van der Waals surface area (Å²) in [5, 5.41) is 2.23. The van der Waals surface area contributed by atoms with Gasteiger partial charge in [0.2, 0.25) is 5.91 Å². The minimum absolute atomic E-state index is 0.137. The maximum absolute atomic E-state index is 13.6. The van der Waals surface area contributed by atoms with Gasteiger partial charge in [0, 0.05) is 17.8 Å². The summed E-state index contributed by atoms with van der Waals surface area (Å²) < 4.78 is 85.9. The normalized spacial score (nSPS) is 35.6. The predicted octanol–water partition coefficient (Wildman–Crippen LogP) is 7.35. The number of esters is 1. The molecule has 1 heterocycles. The van der Waals surface area contributed by atoms with Crippen LogP contribution in [0.3, 0.4) is 0 Å². The molecule has 1 aromatic rings. The number of allylic oxidation sites excluding steroid dienone is 2. The number of alkyl halides is 6. The molecular weight excluding hydrogens is 500 g/mol. The van der Waals surface area contributed by atoms with E-state index in [0.717, 1.165) is 12.2 Å². The average molecular weight is 530 g/mol. The van der Waals surface area contributed by atoms with Crippen LogP contribution in [0.4, 0.5) is 32.0 Å². The second-order valence-electron chi connectivity index (χ2n) is 11.5. The molecule has 1 saturated heterocycles. The van der Waals surface area contributed by atoms with E-state index in [1.54, 1.807) is 0 Å². The van der Waals surface area contributed by atoms with Crippen molar-refractivity contribution in [3.63, 3.8) is 0 Å². The lowest BCUT2D eigenvalue weighted by molar-refractivity contribution is -0.152. The zero-order valence-electron chi connectivity index (χ0n) is 20.6. The van der Waals surface area contributed by atoms with Crippen molar-refractivity contribution in [3.8, 4) is 0 Å². The van der Waals surface area contributed by atoms with Crippen molar-refractivity contribution in [1.29, 1.82) is 0 Å². The van der Waals surface area contributed by atoms with E-state index < -0.39 is 46.4 Å². The minimum atomic E-state index is -4.92. The van der Waals surface area contributed by atoms with E-state index in [4.69, 9.17) is 4.74 Å². The first-order chi connectivity index (χ1) is 17.1. The number of nitrogens with one attached hydrogen (secondary N) is 1. The van der Waals surface area contributed by atoms with E-state index in [-0.39, 0.29) is 29.1 Å². The van der Waals surface area contributed by atoms with Crippen LogP contribution in [0, 0.1) is 34.5 Å². The Morgan fingerprint density at radius 2 is 1.73 bits per heavy atom. The van der Waals surface area contributed by atoms with Crippen molar-refractivity contribution in [2.75, 3.05) is 5.32 Å². The predicted molar refractivity (Wildman–Crippen MR) is 122 cm³/mol. The fraction of sp³-hybridized carbons (Fsp3) is 0.630. The summed E-state index contributed by atoms with van der Waals surface area (Å²) in [6.07, 6.45) is -3.42. The van der Waals surface area contributed by atoms with Crippen LogP contribution < -0.4 is 5.32 Å². The highest BCUT2D eigenvalue weighted by Crippen LogP contribution is 2.66. The van der Waals surface area contributed by atoms with Gasteiger partial charge in [-0.15, -0.1) is 0 Å². The Kier molecular flexibility index (Phi) is 5.99. The SMILES string of the molecule is C[C@]12CCC(=O)OC1=CCC1C2CC[C@@]2(C)C1CC[C@@H]2C(=O)Nc1cc(C(F)(F)F)ccc1C(F)(F)F. The van der Waals surface area contributed by atoms with Crippen LogP contribution in [0.1, 0.15) is 69.9 Å². The number of carbonyl (C=O) groups excluding carboxylic acids is 2. The number of amides is 1. The van der Waals surface area contributed by atoms with Crippen LogP contribution in [-0.4, -0.2) is 11.9 Å². The second-order valence-corrected chi connectivity index (χ2v) is 11.5. The van der Waals surface area contributed by atoms with Crippen LogP contribution >= 0.6 is 0 Å². The Morgan fingerprint density at radius 1 is 1.00 bits per heavy atom. The average Bonchev–Trinajstić information content (AvgIpc) is 3.15. The number of anilines is 1. The van der Waals surface area contributed by atoms with Crippen molar-refractivity contribution in [3.05, 3.63) is 41.2 Å². The molecule has 5 rings (SSSR count). The lowest BCUT2D eigenvalue weighted by Gasteiger charge is -2.56. The first-order valence-corrected chi connectivity index (χ1v) is 12.7. The topological polar surface area (TPSA) is 55.4 Å². The largest absolute Gasteiger partial charge is 0.431 e. The molecule has 6 atom stereocenters. The summed E-state index contributed by atoms with van der Waals surface area (Å²) in [5.41, 5.74) is -4.17. The van der Waals surface area contributed by atoms with Gasteiger partial charge in [0.1, 0.15) is 5.76 Å². The molecule has 4 aliphatic rings.